The number of para-hydroxylation sites is 2. The zero-order valence-electron chi connectivity index (χ0n) is 19.3. The fraction of sp³-hybridized carbons (Fsp3) is 0.296. The average molecular weight is 477 g/mol. The van der Waals surface area contributed by atoms with Crippen molar-refractivity contribution in [3.63, 3.8) is 0 Å². The highest BCUT2D eigenvalue weighted by molar-refractivity contribution is 6.31. The molecule has 0 aliphatic heterocycles. The van der Waals surface area contributed by atoms with Crippen LogP contribution in [0.4, 0.5) is 0 Å². The Hall–Kier alpha value is -3.38. The summed E-state index contributed by atoms with van der Waals surface area (Å²) in [6.45, 7) is 4.08. The van der Waals surface area contributed by atoms with Crippen LogP contribution in [-0.4, -0.2) is 33.6 Å². The van der Waals surface area contributed by atoms with E-state index in [4.69, 9.17) is 21.3 Å². The third-order valence-corrected chi connectivity index (χ3v) is 6.09. The molecule has 2 aromatic carbocycles. The van der Waals surface area contributed by atoms with Gasteiger partial charge in [0.15, 0.2) is 0 Å². The van der Waals surface area contributed by atoms with Gasteiger partial charge in [-0.3, -0.25) is 9.78 Å². The summed E-state index contributed by atoms with van der Waals surface area (Å²) in [4.78, 5) is 21.1. The Labute approximate surface area is 204 Å². The first kappa shape index (κ1) is 23.8. The number of imidazole rings is 1. The number of carbonyl (C=O) groups excluding carboxylic acids is 1. The maximum Gasteiger partial charge on any atom is 0.269 e. The quantitative estimate of drug-likeness (QED) is 0.285. The van der Waals surface area contributed by atoms with Crippen molar-refractivity contribution in [3.8, 4) is 5.75 Å². The maximum atomic E-state index is 12.2. The van der Waals surface area contributed by atoms with Crippen molar-refractivity contribution in [2.45, 2.75) is 39.2 Å². The van der Waals surface area contributed by atoms with Gasteiger partial charge in [0.05, 0.1) is 17.6 Å². The summed E-state index contributed by atoms with van der Waals surface area (Å²) in [5.41, 5.74) is 3.60. The Morgan fingerprint density at radius 1 is 1.06 bits per heavy atom. The van der Waals surface area contributed by atoms with Crippen molar-refractivity contribution in [2.24, 2.45) is 0 Å². The number of aryl methyl sites for hydroxylation is 3. The number of hydrogen-bond donors (Lipinski definition) is 1. The van der Waals surface area contributed by atoms with Crippen LogP contribution >= 0.6 is 11.6 Å². The van der Waals surface area contributed by atoms with E-state index in [2.05, 4.69) is 20.9 Å². The zero-order valence-corrected chi connectivity index (χ0v) is 20.1. The Morgan fingerprint density at radius 2 is 1.91 bits per heavy atom. The predicted molar refractivity (Wildman–Crippen MR) is 136 cm³/mol. The number of aromatic nitrogens is 3. The highest BCUT2D eigenvalue weighted by Gasteiger charge is 2.11. The normalized spacial score (nSPS) is 11.0. The number of carbonyl (C=O) groups is 1. The van der Waals surface area contributed by atoms with Gasteiger partial charge in [-0.1, -0.05) is 29.8 Å². The topological polar surface area (TPSA) is 69.0 Å². The van der Waals surface area contributed by atoms with Crippen LogP contribution in [0.1, 0.15) is 41.1 Å². The summed E-state index contributed by atoms with van der Waals surface area (Å²) < 4.78 is 8.18. The molecule has 0 aliphatic rings. The largest absolute Gasteiger partial charge is 0.494 e. The molecule has 0 unspecified atom stereocenters. The van der Waals surface area contributed by atoms with Crippen LogP contribution in [0.25, 0.3) is 11.0 Å². The number of hydrogen-bond acceptors (Lipinski definition) is 4. The van der Waals surface area contributed by atoms with Crippen LogP contribution in [-0.2, 0) is 13.0 Å². The van der Waals surface area contributed by atoms with E-state index >= 15 is 0 Å². The lowest BCUT2D eigenvalue weighted by molar-refractivity contribution is 0.0948. The molecule has 0 fully saturated rings. The first-order valence-corrected chi connectivity index (χ1v) is 12.0. The van der Waals surface area contributed by atoms with Gasteiger partial charge in [0.2, 0.25) is 0 Å². The lowest BCUT2D eigenvalue weighted by atomic mass is 10.2. The number of nitrogens with zero attached hydrogens (tertiary/aromatic N) is 3. The Bertz CT molecular complexity index is 1240. The van der Waals surface area contributed by atoms with Gasteiger partial charge in [0.25, 0.3) is 5.91 Å². The molecular formula is C27H29ClN4O2. The summed E-state index contributed by atoms with van der Waals surface area (Å²) in [5, 5.41) is 3.69. The van der Waals surface area contributed by atoms with E-state index in [1.54, 1.807) is 18.3 Å². The Morgan fingerprint density at radius 3 is 2.74 bits per heavy atom. The van der Waals surface area contributed by atoms with E-state index in [1.165, 1.54) is 0 Å². The van der Waals surface area contributed by atoms with Gasteiger partial charge in [0, 0.05) is 30.7 Å². The summed E-state index contributed by atoms with van der Waals surface area (Å²) in [5.74, 6) is 1.75. The third kappa shape index (κ3) is 6.14. The van der Waals surface area contributed by atoms with E-state index in [0.717, 1.165) is 65.4 Å². The minimum atomic E-state index is -0.148. The fourth-order valence-corrected chi connectivity index (χ4v) is 3.99. The lowest BCUT2D eigenvalue weighted by Gasteiger charge is -2.11. The smallest absolute Gasteiger partial charge is 0.269 e. The van der Waals surface area contributed by atoms with Gasteiger partial charge in [-0.2, -0.15) is 0 Å². The molecule has 0 atom stereocenters. The second-order valence-electron chi connectivity index (χ2n) is 8.21. The van der Waals surface area contributed by atoms with Crippen LogP contribution in [0.2, 0.25) is 5.02 Å². The van der Waals surface area contributed by atoms with Crippen molar-refractivity contribution in [2.75, 3.05) is 13.2 Å². The summed E-state index contributed by atoms with van der Waals surface area (Å²) in [7, 11) is 0. The molecule has 7 heteroatoms. The number of amides is 1. The SMILES string of the molecule is Cc1cc(OCCCCn2c(CCCNC(=O)c3ccccn3)nc3ccccc32)ccc1Cl. The van der Waals surface area contributed by atoms with Gasteiger partial charge in [-0.15, -0.1) is 0 Å². The maximum absolute atomic E-state index is 12.2. The molecule has 6 nitrogen and oxygen atoms in total. The summed E-state index contributed by atoms with van der Waals surface area (Å²) in [6, 6.07) is 19.3. The Kier molecular flexibility index (Phi) is 8.15. The first-order valence-electron chi connectivity index (χ1n) is 11.6. The Balaban J connectivity index is 1.29. The predicted octanol–water partition coefficient (Wildman–Crippen LogP) is 5.61. The molecule has 34 heavy (non-hydrogen) atoms. The van der Waals surface area contributed by atoms with Gasteiger partial charge in [-0.25, -0.2) is 4.98 Å². The summed E-state index contributed by atoms with van der Waals surface area (Å²) in [6.07, 6.45) is 5.14. The molecule has 0 radical (unpaired) electrons. The molecule has 4 rings (SSSR count). The second-order valence-corrected chi connectivity index (χ2v) is 8.62. The highest BCUT2D eigenvalue weighted by atomic mass is 35.5. The minimum absolute atomic E-state index is 0.148. The van der Waals surface area contributed by atoms with Crippen LogP contribution in [0, 0.1) is 6.92 Å². The lowest BCUT2D eigenvalue weighted by Crippen LogP contribution is -2.25. The molecule has 0 saturated heterocycles. The van der Waals surface area contributed by atoms with Crippen LogP contribution in [0.3, 0.4) is 0 Å². The molecule has 1 amide bonds. The van der Waals surface area contributed by atoms with Gasteiger partial charge < -0.3 is 14.6 Å². The van der Waals surface area contributed by atoms with Crippen molar-refractivity contribution in [1.82, 2.24) is 19.9 Å². The fourth-order valence-electron chi connectivity index (χ4n) is 3.87. The molecule has 0 spiro atoms. The molecule has 0 saturated carbocycles. The molecule has 176 valence electrons. The van der Waals surface area contributed by atoms with Crippen molar-refractivity contribution >= 4 is 28.5 Å². The minimum Gasteiger partial charge on any atom is -0.494 e. The third-order valence-electron chi connectivity index (χ3n) is 5.67. The molecule has 2 aromatic heterocycles. The van der Waals surface area contributed by atoms with Crippen LogP contribution < -0.4 is 10.1 Å². The van der Waals surface area contributed by atoms with Crippen LogP contribution in [0.5, 0.6) is 5.75 Å². The van der Waals surface area contributed by atoms with Gasteiger partial charge in [-0.05, 0) is 74.2 Å². The number of fused-ring (bicyclic) bond motifs is 1. The standard InChI is InChI=1S/C27H29ClN4O2/c1-20-19-21(13-14-22(20)28)34-18-7-6-17-32-25-11-3-2-9-23(25)31-26(32)12-8-16-30-27(33)24-10-4-5-15-29-24/h2-5,9-11,13-15,19H,6-8,12,16-18H2,1H3,(H,30,33). The summed E-state index contributed by atoms with van der Waals surface area (Å²) >= 11 is 6.09. The molecular weight excluding hydrogens is 448 g/mol. The monoisotopic (exact) mass is 476 g/mol. The van der Waals surface area contributed by atoms with Crippen molar-refractivity contribution in [1.29, 1.82) is 0 Å². The molecule has 2 heterocycles. The zero-order chi connectivity index (χ0) is 23.8. The number of pyridine rings is 1. The van der Waals surface area contributed by atoms with Gasteiger partial charge >= 0.3 is 0 Å². The second kappa shape index (κ2) is 11.7. The van der Waals surface area contributed by atoms with Gasteiger partial charge in [0.1, 0.15) is 17.3 Å². The van der Waals surface area contributed by atoms with Crippen molar-refractivity contribution < 1.29 is 9.53 Å². The van der Waals surface area contributed by atoms with E-state index in [-0.39, 0.29) is 5.91 Å². The number of unbranched alkanes of at least 4 members (excludes halogenated alkanes) is 1. The highest BCUT2D eigenvalue weighted by Crippen LogP contribution is 2.22. The average Bonchev–Trinajstić information content (AvgIpc) is 3.21. The van der Waals surface area contributed by atoms with E-state index in [9.17, 15) is 4.79 Å². The van der Waals surface area contributed by atoms with E-state index in [0.29, 0.717) is 18.8 Å². The van der Waals surface area contributed by atoms with E-state index in [1.807, 2.05) is 49.4 Å². The molecule has 4 aromatic rings. The van der Waals surface area contributed by atoms with Crippen LogP contribution in [0.15, 0.2) is 66.9 Å². The number of benzene rings is 2. The number of nitrogens with one attached hydrogen (secondary N) is 1. The molecule has 1 N–H and O–H groups in total. The number of rotatable bonds is 11. The van der Waals surface area contributed by atoms with E-state index < -0.39 is 0 Å². The van der Waals surface area contributed by atoms with Crippen molar-refractivity contribution in [3.05, 3.63) is 89.0 Å². The number of ether oxygens (including phenoxy) is 1. The molecule has 0 bridgehead atoms. The number of halogens is 1. The molecule has 0 aliphatic carbocycles. The first-order chi connectivity index (χ1) is 16.6.